The average Bonchev–Trinajstić information content (AvgIpc) is 2.94. The van der Waals surface area contributed by atoms with Gasteiger partial charge in [0.15, 0.2) is 0 Å². The summed E-state index contributed by atoms with van der Waals surface area (Å²) in [5, 5.41) is 13.3. The molecule has 1 N–H and O–H groups in total. The lowest BCUT2D eigenvalue weighted by atomic mass is 10.2. The molecule has 1 unspecified atom stereocenters. The molecule has 0 bridgehead atoms. The summed E-state index contributed by atoms with van der Waals surface area (Å²) >= 11 is 1.47. The van der Waals surface area contributed by atoms with E-state index in [0.29, 0.717) is 17.7 Å². The molecule has 0 aliphatic carbocycles. The van der Waals surface area contributed by atoms with Gasteiger partial charge in [0, 0.05) is 39.7 Å². The number of thioether (sulfide) groups is 1. The Labute approximate surface area is 219 Å². The molecule has 2 amide bonds. The van der Waals surface area contributed by atoms with E-state index in [1.54, 1.807) is 17.0 Å². The maximum Gasteiger partial charge on any atom is 0.269 e. The molecule has 1 atom stereocenters. The lowest BCUT2D eigenvalue weighted by molar-refractivity contribution is -0.384. The van der Waals surface area contributed by atoms with Crippen molar-refractivity contribution in [3.05, 3.63) is 125 Å². The number of hydrogen-bond acceptors (Lipinski definition) is 5. The van der Waals surface area contributed by atoms with E-state index in [1.165, 1.54) is 36.0 Å². The van der Waals surface area contributed by atoms with Gasteiger partial charge in [-0.2, -0.15) is 0 Å². The number of nitrogens with one attached hydrogen (secondary N) is 1. The Balaban J connectivity index is 1.46. The molecular weight excluding hydrogens is 486 g/mol. The SMILES string of the molecule is CCC(Sc1ccc(NC(=O)c2ccc([N+](=O)[O-])cc2)cc1)C(=O)N(c1ccccc1)c1ccccc1. The Hall–Kier alpha value is -4.43. The van der Waals surface area contributed by atoms with Gasteiger partial charge in [0.1, 0.15) is 0 Å². The lowest BCUT2D eigenvalue weighted by Crippen LogP contribution is -2.34. The second kappa shape index (κ2) is 12.0. The molecule has 7 nitrogen and oxygen atoms in total. The van der Waals surface area contributed by atoms with Gasteiger partial charge in [-0.1, -0.05) is 43.3 Å². The van der Waals surface area contributed by atoms with Crippen LogP contribution in [0.2, 0.25) is 0 Å². The molecule has 0 saturated carbocycles. The number of non-ortho nitro benzene ring substituents is 1. The molecule has 0 spiro atoms. The number of rotatable bonds is 9. The molecule has 8 heteroatoms. The fourth-order valence-corrected chi connectivity index (χ4v) is 4.72. The minimum atomic E-state index is -0.509. The van der Waals surface area contributed by atoms with Crippen molar-refractivity contribution < 1.29 is 14.5 Å². The van der Waals surface area contributed by atoms with Crippen molar-refractivity contribution in [1.82, 2.24) is 0 Å². The van der Waals surface area contributed by atoms with E-state index in [0.717, 1.165) is 16.3 Å². The van der Waals surface area contributed by atoms with Crippen LogP contribution in [0.25, 0.3) is 0 Å². The third-order valence-corrected chi connectivity index (χ3v) is 6.99. The van der Waals surface area contributed by atoms with Crippen LogP contribution in [0, 0.1) is 10.1 Å². The van der Waals surface area contributed by atoms with Gasteiger partial charge in [-0.05, 0) is 67.1 Å². The van der Waals surface area contributed by atoms with Crippen molar-refractivity contribution in [2.24, 2.45) is 0 Å². The summed E-state index contributed by atoms with van der Waals surface area (Å²) in [6.45, 7) is 1.99. The molecule has 37 heavy (non-hydrogen) atoms. The highest BCUT2D eigenvalue weighted by Gasteiger charge is 2.26. The highest BCUT2D eigenvalue weighted by Crippen LogP contribution is 2.33. The second-order valence-corrected chi connectivity index (χ2v) is 9.42. The summed E-state index contributed by atoms with van der Waals surface area (Å²) in [6.07, 6.45) is 0.637. The number of carbonyl (C=O) groups excluding carboxylic acids is 2. The second-order valence-electron chi connectivity index (χ2n) is 8.14. The molecule has 4 aromatic carbocycles. The van der Waals surface area contributed by atoms with Gasteiger partial charge >= 0.3 is 0 Å². The van der Waals surface area contributed by atoms with Crippen LogP contribution in [0.5, 0.6) is 0 Å². The van der Waals surface area contributed by atoms with E-state index >= 15 is 0 Å². The quantitative estimate of drug-likeness (QED) is 0.147. The predicted molar refractivity (Wildman–Crippen MR) is 147 cm³/mol. The van der Waals surface area contributed by atoms with Gasteiger partial charge < -0.3 is 5.32 Å². The summed E-state index contributed by atoms with van der Waals surface area (Å²) in [7, 11) is 0. The number of para-hydroxylation sites is 2. The Morgan fingerprint density at radius 1 is 0.838 bits per heavy atom. The van der Waals surface area contributed by atoms with Crippen LogP contribution in [0.15, 0.2) is 114 Å². The standard InChI is InChI=1S/C29H25N3O4S/c1-2-27(29(34)31(23-9-5-3-6-10-23)24-11-7-4-8-12-24)37-26-19-15-22(16-20-26)30-28(33)21-13-17-25(18-14-21)32(35)36/h3-20,27H,2H2,1H3,(H,30,33). The largest absolute Gasteiger partial charge is 0.322 e. The van der Waals surface area contributed by atoms with E-state index in [1.807, 2.05) is 79.7 Å². The fraction of sp³-hybridized carbons (Fsp3) is 0.103. The third kappa shape index (κ3) is 6.42. The summed E-state index contributed by atoms with van der Waals surface area (Å²) in [6, 6.07) is 31.9. The van der Waals surface area contributed by atoms with Crippen molar-refractivity contribution in [3.8, 4) is 0 Å². The van der Waals surface area contributed by atoms with Crippen LogP contribution >= 0.6 is 11.8 Å². The molecule has 4 rings (SSSR count). The van der Waals surface area contributed by atoms with Gasteiger partial charge in [-0.15, -0.1) is 11.8 Å². The molecule has 4 aromatic rings. The van der Waals surface area contributed by atoms with E-state index in [-0.39, 0.29) is 22.8 Å². The van der Waals surface area contributed by atoms with E-state index in [9.17, 15) is 19.7 Å². The number of carbonyl (C=O) groups is 2. The van der Waals surface area contributed by atoms with Crippen molar-refractivity contribution in [3.63, 3.8) is 0 Å². The van der Waals surface area contributed by atoms with Gasteiger partial charge in [0.2, 0.25) is 5.91 Å². The van der Waals surface area contributed by atoms with Gasteiger partial charge in [0.05, 0.1) is 10.2 Å². The van der Waals surface area contributed by atoms with E-state index < -0.39 is 4.92 Å². The normalized spacial score (nSPS) is 11.4. The highest BCUT2D eigenvalue weighted by atomic mass is 32.2. The number of nitrogens with zero attached hydrogens (tertiary/aromatic N) is 2. The number of benzene rings is 4. The first-order chi connectivity index (χ1) is 18.0. The van der Waals surface area contributed by atoms with Crippen molar-refractivity contribution in [2.75, 3.05) is 10.2 Å². The first-order valence-corrected chi connectivity index (χ1v) is 12.6. The number of amides is 2. The first kappa shape index (κ1) is 25.7. The Bertz CT molecular complexity index is 1320. The maximum atomic E-state index is 13.7. The van der Waals surface area contributed by atoms with Crippen LogP contribution in [0.3, 0.4) is 0 Å². The molecule has 0 aromatic heterocycles. The van der Waals surface area contributed by atoms with Crippen LogP contribution in [-0.2, 0) is 4.79 Å². The molecule has 0 heterocycles. The zero-order chi connectivity index (χ0) is 26.2. The van der Waals surface area contributed by atoms with Crippen LogP contribution < -0.4 is 10.2 Å². The van der Waals surface area contributed by atoms with Gasteiger partial charge in [0.25, 0.3) is 11.6 Å². The smallest absolute Gasteiger partial charge is 0.269 e. The van der Waals surface area contributed by atoms with E-state index in [2.05, 4.69) is 5.32 Å². The highest BCUT2D eigenvalue weighted by molar-refractivity contribution is 8.00. The molecule has 0 aliphatic rings. The van der Waals surface area contributed by atoms with Crippen molar-refractivity contribution in [1.29, 1.82) is 0 Å². The number of anilines is 3. The lowest BCUT2D eigenvalue weighted by Gasteiger charge is -2.27. The number of hydrogen-bond donors (Lipinski definition) is 1. The first-order valence-electron chi connectivity index (χ1n) is 11.7. The Morgan fingerprint density at radius 3 is 1.86 bits per heavy atom. The van der Waals surface area contributed by atoms with E-state index in [4.69, 9.17) is 0 Å². The minimum absolute atomic E-state index is 0.0135. The molecule has 0 aliphatic heterocycles. The minimum Gasteiger partial charge on any atom is -0.322 e. The van der Waals surface area contributed by atoms with Gasteiger partial charge in [-0.3, -0.25) is 24.6 Å². The Morgan fingerprint density at radius 2 is 1.38 bits per heavy atom. The van der Waals surface area contributed by atoms with Crippen molar-refractivity contribution in [2.45, 2.75) is 23.5 Å². The summed E-state index contributed by atoms with van der Waals surface area (Å²) in [5.74, 6) is -0.376. The number of nitro benzene ring substituents is 1. The number of nitro groups is 1. The Kier molecular flexibility index (Phi) is 8.33. The molecule has 186 valence electrons. The van der Waals surface area contributed by atoms with Crippen molar-refractivity contribution >= 4 is 46.3 Å². The van der Waals surface area contributed by atoms with Crippen LogP contribution in [-0.4, -0.2) is 22.0 Å². The summed E-state index contributed by atoms with van der Waals surface area (Å²) in [5.41, 5.74) is 2.45. The predicted octanol–water partition coefficient (Wildman–Crippen LogP) is 7.08. The molecule has 0 fully saturated rings. The summed E-state index contributed by atoms with van der Waals surface area (Å²) in [4.78, 5) is 39.2. The maximum absolute atomic E-state index is 13.7. The van der Waals surface area contributed by atoms with Gasteiger partial charge in [-0.25, -0.2) is 0 Å². The zero-order valence-corrected chi connectivity index (χ0v) is 20.9. The van der Waals surface area contributed by atoms with Crippen LogP contribution in [0.1, 0.15) is 23.7 Å². The van der Waals surface area contributed by atoms with Crippen LogP contribution in [0.4, 0.5) is 22.7 Å². The molecular formula is C29H25N3O4S. The monoisotopic (exact) mass is 511 g/mol. The zero-order valence-electron chi connectivity index (χ0n) is 20.1. The summed E-state index contributed by atoms with van der Waals surface area (Å²) < 4.78 is 0. The topological polar surface area (TPSA) is 92.5 Å². The average molecular weight is 512 g/mol. The molecule has 0 saturated heterocycles. The molecule has 0 radical (unpaired) electrons. The fourth-order valence-electron chi connectivity index (χ4n) is 3.73. The third-order valence-electron chi connectivity index (χ3n) is 5.63.